The number of hydrogen-bond acceptors (Lipinski definition) is 2. The minimum Gasteiger partial charge on any atom is -0.379 e. The van der Waals surface area contributed by atoms with Crippen LogP contribution in [0.3, 0.4) is 0 Å². The first-order valence-corrected chi connectivity index (χ1v) is 5.43. The zero-order chi connectivity index (χ0) is 14.4. The van der Waals surface area contributed by atoms with Crippen LogP contribution in [0.15, 0.2) is 0 Å². The molecule has 0 fully saturated rings. The van der Waals surface area contributed by atoms with Crippen molar-refractivity contribution in [2.45, 2.75) is 44.9 Å². The summed E-state index contributed by atoms with van der Waals surface area (Å²) in [7, 11) is 0. The van der Waals surface area contributed by atoms with E-state index in [0.29, 0.717) is 13.0 Å². The minimum absolute atomic E-state index is 0.0224. The number of halogens is 5. The highest BCUT2D eigenvalue weighted by Crippen LogP contribution is 2.35. The van der Waals surface area contributed by atoms with Gasteiger partial charge in [0, 0.05) is 13.2 Å². The minimum atomic E-state index is -5.86. The van der Waals surface area contributed by atoms with Gasteiger partial charge in [-0.1, -0.05) is 0 Å². The van der Waals surface area contributed by atoms with E-state index in [1.54, 1.807) is 5.32 Å². The monoisotopic (exact) mass is 277 g/mol. The third kappa shape index (κ3) is 5.61. The van der Waals surface area contributed by atoms with Crippen LogP contribution < -0.4 is 5.32 Å². The fourth-order valence-corrected chi connectivity index (χ4v) is 0.988. The average molecular weight is 277 g/mol. The Kier molecular flexibility index (Phi) is 6.51. The lowest BCUT2D eigenvalue weighted by molar-refractivity contribution is -0.269. The lowest BCUT2D eigenvalue weighted by Crippen LogP contribution is -2.50. The number of alkyl halides is 5. The van der Waals surface area contributed by atoms with Gasteiger partial charge in [0.15, 0.2) is 0 Å². The smallest absolute Gasteiger partial charge is 0.379 e. The summed E-state index contributed by atoms with van der Waals surface area (Å²) in [5, 5.41) is 1.55. The predicted molar refractivity (Wildman–Crippen MR) is 54.3 cm³/mol. The molecule has 108 valence electrons. The topological polar surface area (TPSA) is 38.3 Å². The SMILES string of the molecule is CC(C)OCCCCNC(=O)C(F)(F)C(F)(F)F. The molecule has 0 aliphatic heterocycles. The van der Waals surface area contributed by atoms with Crippen LogP contribution in [-0.2, 0) is 9.53 Å². The van der Waals surface area contributed by atoms with Crippen LogP contribution >= 0.6 is 0 Å². The molecule has 0 atom stereocenters. The highest BCUT2D eigenvalue weighted by molar-refractivity contribution is 5.84. The first kappa shape index (κ1) is 17.1. The molecular weight excluding hydrogens is 261 g/mol. The van der Waals surface area contributed by atoms with Crippen molar-refractivity contribution in [3.8, 4) is 0 Å². The second kappa shape index (κ2) is 6.86. The number of hydrogen-bond donors (Lipinski definition) is 1. The number of unbranched alkanes of at least 4 members (excludes halogenated alkanes) is 1. The van der Waals surface area contributed by atoms with Gasteiger partial charge in [0.2, 0.25) is 0 Å². The molecule has 0 saturated carbocycles. The molecule has 18 heavy (non-hydrogen) atoms. The lowest BCUT2D eigenvalue weighted by atomic mass is 10.2. The molecule has 1 amide bonds. The first-order chi connectivity index (χ1) is 8.09. The van der Waals surface area contributed by atoms with Gasteiger partial charge in [0.1, 0.15) is 0 Å². The Morgan fingerprint density at radius 2 is 1.72 bits per heavy atom. The van der Waals surface area contributed by atoms with Crippen molar-refractivity contribution in [1.82, 2.24) is 5.32 Å². The third-order valence-corrected chi connectivity index (χ3v) is 1.95. The van der Waals surface area contributed by atoms with E-state index in [9.17, 15) is 26.7 Å². The molecule has 1 N–H and O–H groups in total. The van der Waals surface area contributed by atoms with Gasteiger partial charge in [-0.05, 0) is 26.7 Å². The van der Waals surface area contributed by atoms with Crippen LogP contribution in [0.1, 0.15) is 26.7 Å². The molecule has 0 aromatic carbocycles. The van der Waals surface area contributed by atoms with Crippen molar-refractivity contribution in [3.63, 3.8) is 0 Å². The van der Waals surface area contributed by atoms with Gasteiger partial charge >= 0.3 is 12.1 Å². The van der Waals surface area contributed by atoms with Crippen molar-refractivity contribution in [3.05, 3.63) is 0 Å². The zero-order valence-electron chi connectivity index (χ0n) is 10.1. The normalized spacial score (nSPS) is 12.9. The van der Waals surface area contributed by atoms with Gasteiger partial charge in [-0.15, -0.1) is 0 Å². The van der Waals surface area contributed by atoms with Crippen molar-refractivity contribution < 1.29 is 31.5 Å². The maximum Gasteiger partial charge on any atom is 0.463 e. The fourth-order valence-electron chi connectivity index (χ4n) is 0.988. The van der Waals surface area contributed by atoms with Gasteiger partial charge in [-0.25, -0.2) is 0 Å². The lowest BCUT2D eigenvalue weighted by Gasteiger charge is -2.18. The number of rotatable bonds is 7. The molecule has 0 spiro atoms. The molecule has 3 nitrogen and oxygen atoms in total. The molecule has 0 aromatic rings. The molecular formula is C10H16F5NO2. The number of ether oxygens (including phenoxy) is 1. The number of carbonyl (C=O) groups is 1. The summed E-state index contributed by atoms with van der Waals surface area (Å²) in [5.74, 6) is -7.67. The van der Waals surface area contributed by atoms with Gasteiger partial charge in [-0.3, -0.25) is 4.79 Å². The summed E-state index contributed by atoms with van der Waals surface area (Å²) in [5.41, 5.74) is 0. The summed E-state index contributed by atoms with van der Waals surface area (Å²) in [6.07, 6.45) is -5.10. The highest BCUT2D eigenvalue weighted by atomic mass is 19.4. The highest BCUT2D eigenvalue weighted by Gasteiger charge is 2.63. The maximum atomic E-state index is 12.4. The zero-order valence-corrected chi connectivity index (χ0v) is 10.1. The van der Waals surface area contributed by atoms with Crippen LogP contribution in [0, 0.1) is 0 Å². The molecule has 0 unspecified atom stereocenters. The van der Waals surface area contributed by atoms with Crippen LogP contribution in [0.4, 0.5) is 22.0 Å². The summed E-state index contributed by atoms with van der Waals surface area (Å²) in [6.45, 7) is 3.74. The third-order valence-electron chi connectivity index (χ3n) is 1.95. The summed E-state index contributed by atoms with van der Waals surface area (Å²) in [4.78, 5) is 10.6. The number of nitrogens with one attached hydrogen (secondary N) is 1. The van der Waals surface area contributed by atoms with Crippen molar-refractivity contribution >= 4 is 5.91 Å². The molecule has 0 radical (unpaired) electrons. The Morgan fingerprint density at radius 3 is 2.17 bits per heavy atom. The van der Waals surface area contributed by atoms with Crippen LogP contribution in [-0.4, -0.2) is 37.3 Å². The average Bonchev–Trinajstić information content (AvgIpc) is 2.20. The predicted octanol–water partition coefficient (Wildman–Crippen LogP) is 2.51. The van der Waals surface area contributed by atoms with Gasteiger partial charge < -0.3 is 10.1 Å². The van der Waals surface area contributed by atoms with E-state index in [4.69, 9.17) is 4.74 Å². The van der Waals surface area contributed by atoms with Crippen LogP contribution in [0.25, 0.3) is 0 Å². The Balaban J connectivity index is 3.85. The van der Waals surface area contributed by atoms with Crippen LogP contribution in [0.2, 0.25) is 0 Å². The van der Waals surface area contributed by atoms with Gasteiger partial charge in [-0.2, -0.15) is 22.0 Å². The summed E-state index contributed by atoms with van der Waals surface area (Å²) in [6, 6.07) is 0. The Hall–Kier alpha value is -0.920. The van der Waals surface area contributed by atoms with E-state index in [1.165, 1.54) is 0 Å². The van der Waals surface area contributed by atoms with E-state index in [0.717, 1.165) is 0 Å². The molecule has 0 rings (SSSR count). The van der Waals surface area contributed by atoms with Gasteiger partial charge in [0.05, 0.1) is 6.10 Å². The van der Waals surface area contributed by atoms with Crippen molar-refractivity contribution in [1.29, 1.82) is 0 Å². The van der Waals surface area contributed by atoms with Crippen molar-refractivity contribution in [2.24, 2.45) is 0 Å². The van der Waals surface area contributed by atoms with E-state index < -0.39 is 18.0 Å². The standard InChI is InChI=1S/C10H16F5NO2/c1-7(2)18-6-4-3-5-16-8(17)9(11,12)10(13,14)15/h7H,3-6H2,1-2H3,(H,16,17). The van der Waals surface area contributed by atoms with Crippen molar-refractivity contribution in [2.75, 3.05) is 13.2 Å². The van der Waals surface area contributed by atoms with E-state index in [1.807, 2.05) is 13.8 Å². The molecule has 8 heteroatoms. The molecule has 0 bridgehead atoms. The quantitative estimate of drug-likeness (QED) is 0.573. The number of amides is 1. The second-order valence-electron chi connectivity index (χ2n) is 3.95. The maximum absolute atomic E-state index is 12.4. The fraction of sp³-hybridized carbons (Fsp3) is 0.900. The van der Waals surface area contributed by atoms with E-state index in [2.05, 4.69) is 0 Å². The largest absolute Gasteiger partial charge is 0.463 e. The Labute approximate surface area is 102 Å². The van der Waals surface area contributed by atoms with E-state index >= 15 is 0 Å². The molecule has 0 aliphatic rings. The number of carbonyl (C=O) groups excluding carboxylic acids is 1. The molecule has 0 aliphatic carbocycles. The van der Waals surface area contributed by atoms with Crippen LogP contribution in [0.5, 0.6) is 0 Å². The first-order valence-electron chi connectivity index (χ1n) is 5.43. The molecule has 0 saturated heterocycles. The second-order valence-corrected chi connectivity index (χ2v) is 3.95. The Bertz CT molecular complexity index is 265. The summed E-state index contributed by atoms with van der Waals surface area (Å²) >= 11 is 0. The molecule has 0 aromatic heterocycles. The summed E-state index contributed by atoms with van der Waals surface area (Å²) < 4.78 is 65.3. The Morgan fingerprint density at radius 1 is 1.17 bits per heavy atom. The van der Waals surface area contributed by atoms with Gasteiger partial charge in [0.25, 0.3) is 5.91 Å². The molecule has 0 heterocycles. The van der Waals surface area contributed by atoms with E-state index in [-0.39, 0.29) is 19.1 Å².